The summed E-state index contributed by atoms with van der Waals surface area (Å²) in [4.78, 5) is 15.0. The van der Waals surface area contributed by atoms with E-state index in [9.17, 15) is 10.1 Å². The third-order valence-electron chi connectivity index (χ3n) is 2.89. The lowest BCUT2D eigenvalue weighted by molar-refractivity contribution is -0.383. The van der Waals surface area contributed by atoms with E-state index in [1.807, 2.05) is 19.9 Å². The second-order valence-electron chi connectivity index (χ2n) is 4.08. The van der Waals surface area contributed by atoms with E-state index in [1.165, 1.54) is 13.2 Å². The highest BCUT2D eigenvalue weighted by Crippen LogP contribution is 2.32. The highest BCUT2D eigenvalue weighted by atomic mass is 16.6. The number of benzene rings is 1. The fourth-order valence-corrected chi connectivity index (χ4v) is 2.04. The molecule has 18 heavy (non-hydrogen) atoms. The van der Waals surface area contributed by atoms with Gasteiger partial charge in [0.25, 0.3) is 5.69 Å². The van der Waals surface area contributed by atoms with Gasteiger partial charge in [0, 0.05) is 11.1 Å². The summed E-state index contributed by atoms with van der Waals surface area (Å²) in [7, 11) is 1.50. The summed E-state index contributed by atoms with van der Waals surface area (Å²) in [5, 5.41) is 11.9. The van der Waals surface area contributed by atoms with E-state index in [2.05, 4.69) is 4.98 Å². The van der Waals surface area contributed by atoms with E-state index in [-0.39, 0.29) is 5.69 Å². The number of aromatic nitrogens is 1. The SMILES string of the molecule is CCc1cc(C)nc2c([N+](=O)[O-])cc(OC)cc12. The first kappa shape index (κ1) is 12.3. The molecule has 0 fully saturated rings. The number of nitrogens with zero attached hydrogens (tertiary/aromatic N) is 2. The highest BCUT2D eigenvalue weighted by Gasteiger charge is 2.17. The molecule has 1 aromatic heterocycles. The van der Waals surface area contributed by atoms with Crippen molar-refractivity contribution in [3.8, 4) is 5.75 Å². The quantitative estimate of drug-likeness (QED) is 0.616. The van der Waals surface area contributed by atoms with Gasteiger partial charge in [-0.15, -0.1) is 0 Å². The maximum atomic E-state index is 11.1. The third-order valence-corrected chi connectivity index (χ3v) is 2.89. The molecular formula is C13H14N2O3. The van der Waals surface area contributed by atoms with Crippen LogP contribution in [0.15, 0.2) is 18.2 Å². The molecule has 5 nitrogen and oxygen atoms in total. The average molecular weight is 246 g/mol. The van der Waals surface area contributed by atoms with E-state index < -0.39 is 4.92 Å². The molecule has 94 valence electrons. The molecule has 0 aliphatic rings. The van der Waals surface area contributed by atoms with Gasteiger partial charge in [0.15, 0.2) is 0 Å². The zero-order chi connectivity index (χ0) is 13.3. The molecule has 0 saturated heterocycles. The Balaban J connectivity index is 2.90. The number of pyridine rings is 1. The molecule has 0 aliphatic carbocycles. The number of hydrogen-bond acceptors (Lipinski definition) is 4. The first-order valence-corrected chi connectivity index (χ1v) is 5.69. The van der Waals surface area contributed by atoms with Gasteiger partial charge in [-0.2, -0.15) is 0 Å². The predicted molar refractivity (Wildman–Crippen MR) is 69.1 cm³/mol. The van der Waals surface area contributed by atoms with Gasteiger partial charge in [0.2, 0.25) is 0 Å². The molecule has 0 N–H and O–H groups in total. The molecule has 0 unspecified atom stereocenters. The molecule has 2 aromatic rings. The number of aryl methyl sites for hydroxylation is 2. The summed E-state index contributed by atoms with van der Waals surface area (Å²) >= 11 is 0. The lowest BCUT2D eigenvalue weighted by atomic mass is 10.0. The Bertz CT molecular complexity index is 623. The molecule has 1 aromatic carbocycles. The van der Waals surface area contributed by atoms with Crippen LogP contribution in [0.2, 0.25) is 0 Å². The Morgan fingerprint density at radius 1 is 1.39 bits per heavy atom. The van der Waals surface area contributed by atoms with Crippen molar-refractivity contribution in [1.29, 1.82) is 0 Å². The van der Waals surface area contributed by atoms with Crippen LogP contribution in [0.4, 0.5) is 5.69 Å². The normalized spacial score (nSPS) is 10.6. The number of nitro benzene ring substituents is 1. The van der Waals surface area contributed by atoms with Crippen molar-refractivity contribution >= 4 is 16.6 Å². The van der Waals surface area contributed by atoms with E-state index in [1.54, 1.807) is 6.07 Å². The molecule has 0 amide bonds. The van der Waals surface area contributed by atoms with Crippen LogP contribution in [0.5, 0.6) is 5.75 Å². The first-order valence-electron chi connectivity index (χ1n) is 5.69. The minimum atomic E-state index is -0.420. The average Bonchev–Trinajstić information content (AvgIpc) is 2.36. The van der Waals surface area contributed by atoms with Crippen LogP contribution in [-0.2, 0) is 6.42 Å². The monoisotopic (exact) mass is 246 g/mol. The van der Waals surface area contributed by atoms with Crippen molar-refractivity contribution < 1.29 is 9.66 Å². The molecule has 2 rings (SSSR count). The maximum absolute atomic E-state index is 11.1. The topological polar surface area (TPSA) is 65.3 Å². The molecule has 0 aliphatic heterocycles. The van der Waals surface area contributed by atoms with Crippen molar-refractivity contribution in [3.05, 3.63) is 39.6 Å². The molecule has 0 spiro atoms. The van der Waals surface area contributed by atoms with Crippen molar-refractivity contribution in [3.63, 3.8) is 0 Å². The number of nitro groups is 1. The number of rotatable bonds is 3. The van der Waals surface area contributed by atoms with Crippen molar-refractivity contribution in [2.75, 3.05) is 7.11 Å². The van der Waals surface area contributed by atoms with Crippen LogP contribution >= 0.6 is 0 Å². The summed E-state index contributed by atoms with van der Waals surface area (Å²) < 4.78 is 5.11. The Morgan fingerprint density at radius 2 is 2.11 bits per heavy atom. The van der Waals surface area contributed by atoms with Gasteiger partial charge in [0.1, 0.15) is 11.3 Å². The number of methoxy groups -OCH3 is 1. The van der Waals surface area contributed by atoms with Crippen LogP contribution in [-0.4, -0.2) is 17.0 Å². The standard InChI is InChI=1S/C13H14N2O3/c1-4-9-5-8(2)14-13-11(9)6-10(18-3)7-12(13)15(16)17/h5-7H,4H2,1-3H3. The highest BCUT2D eigenvalue weighted by molar-refractivity contribution is 5.91. The molecule has 5 heteroatoms. The van der Waals surface area contributed by atoms with Crippen LogP contribution in [0.25, 0.3) is 10.9 Å². The van der Waals surface area contributed by atoms with Gasteiger partial charge >= 0.3 is 0 Å². The lowest BCUT2D eigenvalue weighted by Gasteiger charge is -2.08. The first-order chi connectivity index (χ1) is 8.56. The van der Waals surface area contributed by atoms with Crippen LogP contribution in [0.3, 0.4) is 0 Å². The molecule has 0 bridgehead atoms. The van der Waals surface area contributed by atoms with Crippen molar-refractivity contribution in [2.24, 2.45) is 0 Å². The number of non-ortho nitro benzene ring substituents is 1. The van der Waals surface area contributed by atoms with E-state index >= 15 is 0 Å². The van der Waals surface area contributed by atoms with Gasteiger partial charge in [-0.1, -0.05) is 6.92 Å². The third kappa shape index (κ3) is 1.99. The van der Waals surface area contributed by atoms with Gasteiger partial charge in [0.05, 0.1) is 18.1 Å². The summed E-state index contributed by atoms with van der Waals surface area (Å²) in [5.41, 5.74) is 2.24. The zero-order valence-corrected chi connectivity index (χ0v) is 10.6. The fourth-order valence-electron chi connectivity index (χ4n) is 2.04. The second-order valence-corrected chi connectivity index (χ2v) is 4.08. The molecule has 1 heterocycles. The van der Waals surface area contributed by atoms with Crippen LogP contribution in [0.1, 0.15) is 18.2 Å². The van der Waals surface area contributed by atoms with Gasteiger partial charge in [-0.3, -0.25) is 10.1 Å². The predicted octanol–water partition coefficient (Wildman–Crippen LogP) is 3.02. The number of ether oxygens (including phenoxy) is 1. The Labute approximate surface area is 105 Å². The van der Waals surface area contributed by atoms with E-state index in [0.29, 0.717) is 11.3 Å². The lowest BCUT2D eigenvalue weighted by Crippen LogP contribution is -1.97. The summed E-state index contributed by atoms with van der Waals surface area (Å²) in [6.07, 6.45) is 0.796. The van der Waals surface area contributed by atoms with Crippen molar-refractivity contribution in [2.45, 2.75) is 20.3 Å². The number of fused-ring (bicyclic) bond motifs is 1. The maximum Gasteiger partial charge on any atom is 0.299 e. The molecule has 0 radical (unpaired) electrons. The smallest absolute Gasteiger partial charge is 0.299 e. The van der Waals surface area contributed by atoms with Crippen LogP contribution < -0.4 is 4.74 Å². The zero-order valence-electron chi connectivity index (χ0n) is 10.6. The fraction of sp³-hybridized carbons (Fsp3) is 0.308. The van der Waals surface area contributed by atoms with Gasteiger partial charge in [-0.25, -0.2) is 4.98 Å². The molecule has 0 atom stereocenters. The Kier molecular flexibility index (Phi) is 3.14. The van der Waals surface area contributed by atoms with Gasteiger partial charge in [-0.05, 0) is 31.0 Å². The number of hydrogen-bond donors (Lipinski definition) is 0. The van der Waals surface area contributed by atoms with E-state index in [0.717, 1.165) is 23.1 Å². The summed E-state index contributed by atoms with van der Waals surface area (Å²) in [5.74, 6) is 0.481. The molecule has 0 saturated carbocycles. The van der Waals surface area contributed by atoms with E-state index in [4.69, 9.17) is 4.74 Å². The van der Waals surface area contributed by atoms with Crippen molar-refractivity contribution in [1.82, 2.24) is 4.98 Å². The summed E-state index contributed by atoms with van der Waals surface area (Å²) in [6, 6.07) is 5.16. The molecular weight excluding hydrogens is 232 g/mol. The van der Waals surface area contributed by atoms with Crippen LogP contribution in [0, 0.1) is 17.0 Å². The minimum Gasteiger partial charge on any atom is -0.496 e. The van der Waals surface area contributed by atoms with Gasteiger partial charge < -0.3 is 4.74 Å². The minimum absolute atomic E-state index is 0.0113. The Morgan fingerprint density at radius 3 is 2.67 bits per heavy atom. The largest absolute Gasteiger partial charge is 0.496 e. The second kappa shape index (κ2) is 4.60. The Hall–Kier alpha value is -2.17. The summed E-state index contributed by atoms with van der Waals surface area (Å²) in [6.45, 7) is 3.85.